The fraction of sp³-hybridized carbons (Fsp3) is 0.538. The van der Waals surface area contributed by atoms with Crippen molar-refractivity contribution in [3.8, 4) is 0 Å². The molecule has 3 N–H and O–H groups in total. The van der Waals surface area contributed by atoms with Gasteiger partial charge in [-0.3, -0.25) is 0 Å². The van der Waals surface area contributed by atoms with Crippen LogP contribution in [0, 0.1) is 18.2 Å². The summed E-state index contributed by atoms with van der Waals surface area (Å²) in [5, 5.41) is 10.6. The third kappa shape index (κ3) is 2.11. The smallest absolute Gasteiger partial charge is 0.123 e. The number of rotatable bonds is 2. The Morgan fingerprint density at radius 1 is 1.31 bits per heavy atom. The van der Waals surface area contributed by atoms with E-state index < -0.39 is 11.0 Å². The Labute approximate surface area is 96.3 Å². The average Bonchev–Trinajstić information content (AvgIpc) is 2.19. The number of nitrogens with two attached hydrogens (primary N) is 1. The molecule has 1 unspecified atom stereocenters. The van der Waals surface area contributed by atoms with Crippen molar-refractivity contribution >= 4 is 0 Å². The van der Waals surface area contributed by atoms with Crippen molar-refractivity contribution in [3.05, 3.63) is 35.1 Å². The highest BCUT2D eigenvalue weighted by Crippen LogP contribution is 2.39. The van der Waals surface area contributed by atoms with Crippen LogP contribution in [0.5, 0.6) is 0 Å². The van der Waals surface area contributed by atoms with E-state index in [2.05, 4.69) is 0 Å². The molecule has 0 saturated carbocycles. The molecule has 0 amide bonds. The lowest BCUT2D eigenvalue weighted by Crippen LogP contribution is -2.46. The molecule has 0 fully saturated rings. The highest BCUT2D eigenvalue weighted by molar-refractivity contribution is 5.33. The Bertz CT molecular complexity index is 384. The molecule has 1 aromatic carbocycles. The molecular formula is C13H20FNO. The lowest BCUT2D eigenvalue weighted by molar-refractivity contribution is -0.0564. The van der Waals surface area contributed by atoms with Gasteiger partial charge in [0.15, 0.2) is 0 Å². The first kappa shape index (κ1) is 13.1. The van der Waals surface area contributed by atoms with E-state index >= 15 is 0 Å². The molecule has 16 heavy (non-hydrogen) atoms. The molecule has 0 heterocycles. The topological polar surface area (TPSA) is 46.2 Å². The molecule has 1 rings (SSSR count). The number of aryl methyl sites for hydroxylation is 1. The zero-order chi connectivity index (χ0) is 12.6. The third-order valence-electron chi connectivity index (χ3n) is 3.18. The first-order valence-corrected chi connectivity index (χ1v) is 5.41. The standard InChI is InChI=1S/C13H20FNO/c1-9-5-6-10(14)7-11(9)13(16,8-15)12(2,3)4/h5-7,16H,8,15H2,1-4H3. The number of benzene rings is 1. The van der Waals surface area contributed by atoms with Crippen molar-refractivity contribution in [2.45, 2.75) is 33.3 Å². The van der Waals surface area contributed by atoms with E-state index in [-0.39, 0.29) is 12.4 Å². The van der Waals surface area contributed by atoms with Gasteiger partial charge in [0.1, 0.15) is 11.4 Å². The van der Waals surface area contributed by atoms with Crippen LogP contribution in [0.2, 0.25) is 0 Å². The number of halogens is 1. The van der Waals surface area contributed by atoms with Gasteiger partial charge in [-0.25, -0.2) is 4.39 Å². The summed E-state index contributed by atoms with van der Waals surface area (Å²) in [6, 6.07) is 4.42. The van der Waals surface area contributed by atoms with Gasteiger partial charge in [-0.1, -0.05) is 26.8 Å². The molecule has 0 radical (unpaired) electrons. The van der Waals surface area contributed by atoms with Gasteiger partial charge >= 0.3 is 0 Å². The first-order chi connectivity index (χ1) is 7.22. The Kier molecular flexibility index (Phi) is 3.41. The summed E-state index contributed by atoms with van der Waals surface area (Å²) >= 11 is 0. The van der Waals surface area contributed by atoms with Crippen molar-refractivity contribution in [2.75, 3.05) is 6.54 Å². The SMILES string of the molecule is Cc1ccc(F)cc1C(O)(CN)C(C)(C)C. The molecule has 0 aliphatic heterocycles. The van der Waals surface area contributed by atoms with E-state index in [4.69, 9.17) is 5.73 Å². The lowest BCUT2D eigenvalue weighted by atomic mass is 9.71. The Morgan fingerprint density at radius 2 is 1.88 bits per heavy atom. The zero-order valence-electron chi connectivity index (χ0n) is 10.3. The number of aliphatic hydroxyl groups is 1. The molecule has 0 aliphatic carbocycles. The van der Waals surface area contributed by atoms with Gasteiger partial charge in [0, 0.05) is 6.54 Å². The maximum Gasteiger partial charge on any atom is 0.123 e. The Morgan fingerprint density at radius 3 is 2.31 bits per heavy atom. The molecule has 1 atom stereocenters. The van der Waals surface area contributed by atoms with Crippen LogP contribution in [0.3, 0.4) is 0 Å². The minimum Gasteiger partial charge on any atom is -0.383 e. The highest BCUT2D eigenvalue weighted by Gasteiger charge is 2.41. The van der Waals surface area contributed by atoms with Crippen LogP contribution in [-0.4, -0.2) is 11.7 Å². The molecule has 0 aliphatic rings. The summed E-state index contributed by atoms with van der Waals surface area (Å²) in [7, 11) is 0. The van der Waals surface area contributed by atoms with Crippen LogP contribution in [-0.2, 0) is 5.60 Å². The fourth-order valence-corrected chi connectivity index (χ4v) is 1.86. The van der Waals surface area contributed by atoms with Crippen molar-refractivity contribution < 1.29 is 9.50 Å². The second-order valence-corrected chi connectivity index (χ2v) is 5.27. The summed E-state index contributed by atoms with van der Waals surface area (Å²) in [4.78, 5) is 0. The predicted octanol–water partition coefficient (Wildman–Crippen LogP) is 2.33. The third-order valence-corrected chi connectivity index (χ3v) is 3.18. The van der Waals surface area contributed by atoms with Gasteiger partial charge < -0.3 is 10.8 Å². The minimum atomic E-state index is -1.21. The van der Waals surface area contributed by atoms with E-state index in [1.54, 1.807) is 6.07 Å². The van der Waals surface area contributed by atoms with Crippen LogP contribution in [0.25, 0.3) is 0 Å². The van der Waals surface area contributed by atoms with Gasteiger partial charge in [0.25, 0.3) is 0 Å². The summed E-state index contributed by atoms with van der Waals surface area (Å²) in [6.07, 6.45) is 0. The van der Waals surface area contributed by atoms with Crippen molar-refractivity contribution in [1.82, 2.24) is 0 Å². The first-order valence-electron chi connectivity index (χ1n) is 5.41. The summed E-state index contributed by atoms with van der Waals surface area (Å²) in [5.74, 6) is -0.350. The summed E-state index contributed by atoms with van der Waals surface area (Å²) < 4.78 is 13.3. The van der Waals surface area contributed by atoms with E-state index in [1.807, 2.05) is 27.7 Å². The fourth-order valence-electron chi connectivity index (χ4n) is 1.86. The van der Waals surface area contributed by atoms with Crippen molar-refractivity contribution in [1.29, 1.82) is 0 Å². The summed E-state index contributed by atoms with van der Waals surface area (Å²) in [6.45, 7) is 7.60. The lowest BCUT2D eigenvalue weighted by Gasteiger charge is -2.40. The van der Waals surface area contributed by atoms with Crippen molar-refractivity contribution in [3.63, 3.8) is 0 Å². The van der Waals surface area contributed by atoms with Crippen LogP contribution < -0.4 is 5.73 Å². The molecule has 0 bridgehead atoms. The van der Waals surface area contributed by atoms with Crippen molar-refractivity contribution in [2.24, 2.45) is 11.1 Å². The van der Waals surface area contributed by atoms with Gasteiger partial charge in [-0.2, -0.15) is 0 Å². The maximum atomic E-state index is 13.3. The number of hydrogen-bond acceptors (Lipinski definition) is 2. The van der Waals surface area contributed by atoms with Gasteiger partial charge in [0.2, 0.25) is 0 Å². The maximum absolute atomic E-state index is 13.3. The van der Waals surface area contributed by atoms with E-state index in [9.17, 15) is 9.50 Å². The summed E-state index contributed by atoms with van der Waals surface area (Å²) in [5.41, 5.74) is 5.44. The molecule has 3 heteroatoms. The quantitative estimate of drug-likeness (QED) is 0.811. The highest BCUT2D eigenvalue weighted by atomic mass is 19.1. The minimum absolute atomic E-state index is 0.0702. The normalized spacial score (nSPS) is 15.9. The molecule has 0 saturated heterocycles. The molecule has 1 aromatic rings. The van der Waals surface area contributed by atoms with E-state index in [0.717, 1.165) is 5.56 Å². The monoisotopic (exact) mass is 225 g/mol. The van der Waals surface area contributed by atoms with Crippen LogP contribution in [0.4, 0.5) is 4.39 Å². The molecule has 0 spiro atoms. The largest absolute Gasteiger partial charge is 0.383 e. The van der Waals surface area contributed by atoms with E-state index in [0.29, 0.717) is 5.56 Å². The molecular weight excluding hydrogens is 205 g/mol. The van der Waals surface area contributed by atoms with Gasteiger partial charge in [-0.15, -0.1) is 0 Å². The average molecular weight is 225 g/mol. The molecule has 2 nitrogen and oxygen atoms in total. The zero-order valence-corrected chi connectivity index (χ0v) is 10.3. The van der Waals surface area contributed by atoms with Gasteiger partial charge in [0.05, 0.1) is 0 Å². The molecule has 0 aromatic heterocycles. The Balaban J connectivity index is 3.39. The second-order valence-electron chi connectivity index (χ2n) is 5.27. The molecule has 90 valence electrons. The predicted molar refractivity (Wildman–Crippen MR) is 63.5 cm³/mol. The Hall–Kier alpha value is -0.930. The van der Waals surface area contributed by atoms with Crippen LogP contribution in [0.15, 0.2) is 18.2 Å². The van der Waals surface area contributed by atoms with Crippen LogP contribution in [0.1, 0.15) is 31.9 Å². The van der Waals surface area contributed by atoms with Crippen LogP contribution >= 0.6 is 0 Å². The van der Waals surface area contributed by atoms with Gasteiger partial charge in [-0.05, 0) is 35.6 Å². The number of hydrogen-bond donors (Lipinski definition) is 2. The van der Waals surface area contributed by atoms with E-state index in [1.165, 1.54) is 12.1 Å². The second kappa shape index (κ2) is 4.15.